The normalized spacial score (nSPS) is 21.0. The molecule has 0 bridgehead atoms. The van der Waals surface area contributed by atoms with Crippen LogP contribution in [-0.2, 0) is 43.3 Å². The van der Waals surface area contributed by atoms with Crippen molar-refractivity contribution in [2.75, 3.05) is 19.6 Å². The molecule has 0 amide bonds. The molecule has 3 aliphatic carbocycles. The zero-order valence-electron chi connectivity index (χ0n) is 60.8. The molecule has 2 atom stereocenters. The summed E-state index contributed by atoms with van der Waals surface area (Å²) >= 11 is 0. The van der Waals surface area contributed by atoms with E-state index in [9.17, 15) is 0 Å². The first-order chi connectivity index (χ1) is 44.7. The largest absolute Gasteiger partial charge is 0.334 e. The molecule has 3 aliphatic heterocycles. The van der Waals surface area contributed by atoms with Crippen molar-refractivity contribution < 1.29 is 0 Å². The molecule has 0 saturated heterocycles. The van der Waals surface area contributed by atoms with Crippen molar-refractivity contribution >= 4 is 85.7 Å². The van der Waals surface area contributed by atoms with Crippen LogP contribution in [0.15, 0.2) is 182 Å². The Balaban J connectivity index is 1.11. The van der Waals surface area contributed by atoms with Gasteiger partial charge in [0.05, 0.1) is 11.2 Å². The SMILES string of the molecule is CC(C)(C)c1ccc(N(c2ccccc2)c2ccc3c(c2)N(c2ccc(C(C)(C)C)cc2-c2ccccc2)c2cc(N4c5ccc(C(C)(C)C)cc5C5(C)CCCCC45C)cc4c2B3c2cc3c(cc2N4c2ccc4c(c2)C(C)(C)CCC4(C)C)C(C)(C)CCC3(C)C)cc1. The molecule has 4 nitrogen and oxygen atoms in total. The summed E-state index contributed by atoms with van der Waals surface area (Å²) in [6.45, 7) is 46.4. The van der Waals surface area contributed by atoms with E-state index >= 15 is 0 Å². The Morgan fingerprint density at radius 2 is 0.853 bits per heavy atom. The molecule has 0 aromatic heterocycles. The van der Waals surface area contributed by atoms with Gasteiger partial charge in [-0.15, -0.1) is 0 Å². The lowest BCUT2D eigenvalue weighted by Gasteiger charge is -2.51. The highest BCUT2D eigenvalue weighted by atomic mass is 15.3. The highest BCUT2D eigenvalue weighted by molar-refractivity contribution is 7.00. The van der Waals surface area contributed by atoms with E-state index in [1.54, 1.807) is 0 Å². The molecule has 15 rings (SSSR count). The molecule has 0 radical (unpaired) electrons. The van der Waals surface area contributed by atoms with Gasteiger partial charge < -0.3 is 19.6 Å². The first-order valence-electron chi connectivity index (χ1n) is 36.1. The minimum atomic E-state index is -0.217. The molecular formula is C90H103BN4. The van der Waals surface area contributed by atoms with Crippen LogP contribution in [0.4, 0.5) is 62.6 Å². The van der Waals surface area contributed by atoms with Crippen molar-refractivity contribution in [3.05, 3.63) is 226 Å². The van der Waals surface area contributed by atoms with Crippen LogP contribution >= 0.6 is 0 Å². The van der Waals surface area contributed by atoms with Crippen molar-refractivity contribution in [3.63, 3.8) is 0 Å². The zero-order chi connectivity index (χ0) is 67.1. The van der Waals surface area contributed by atoms with Gasteiger partial charge >= 0.3 is 0 Å². The molecule has 1 saturated carbocycles. The molecule has 0 spiro atoms. The molecule has 486 valence electrons. The quantitative estimate of drug-likeness (QED) is 0.147. The van der Waals surface area contributed by atoms with Crippen molar-refractivity contribution in [2.45, 2.75) is 232 Å². The number of hydrogen-bond donors (Lipinski definition) is 0. The monoisotopic (exact) mass is 1250 g/mol. The third-order valence-electron chi connectivity index (χ3n) is 24.8. The zero-order valence-corrected chi connectivity index (χ0v) is 60.8. The number of hydrogen-bond acceptors (Lipinski definition) is 4. The Bertz CT molecular complexity index is 4540. The van der Waals surface area contributed by atoms with Gasteiger partial charge in [0, 0.05) is 67.9 Å². The number of benzene rings is 9. The van der Waals surface area contributed by atoms with Gasteiger partial charge in [-0.05, 0) is 235 Å². The van der Waals surface area contributed by atoms with Gasteiger partial charge in [-0.3, -0.25) is 0 Å². The minimum absolute atomic E-state index is 0.000868. The molecule has 6 aliphatic rings. The van der Waals surface area contributed by atoms with Crippen LogP contribution < -0.4 is 36.0 Å². The molecule has 9 aromatic carbocycles. The van der Waals surface area contributed by atoms with Gasteiger partial charge in [0.15, 0.2) is 0 Å². The second kappa shape index (κ2) is 21.4. The van der Waals surface area contributed by atoms with Crippen LogP contribution in [0.5, 0.6) is 0 Å². The lowest BCUT2D eigenvalue weighted by Crippen LogP contribution is -2.62. The van der Waals surface area contributed by atoms with Crippen LogP contribution in [0.2, 0.25) is 0 Å². The first kappa shape index (κ1) is 63.3. The Morgan fingerprint density at radius 1 is 0.347 bits per heavy atom. The maximum Gasteiger partial charge on any atom is 0.252 e. The molecular weight excluding hydrogens is 1150 g/mol. The third-order valence-corrected chi connectivity index (χ3v) is 24.8. The second-order valence-electron chi connectivity index (χ2n) is 35.9. The van der Waals surface area contributed by atoms with E-state index < -0.39 is 0 Å². The summed E-state index contributed by atoms with van der Waals surface area (Å²) in [7, 11) is 0. The number of fused-ring (bicyclic) bond motifs is 9. The first-order valence-corrected chi connectivity index (χ1v) is 36.1. The van der Waals surface area contributed by atoms with Crippen LogP contribution in [-0.4, -0.2) is 12.3 Å². The van der Waals surface area contributed by atoms with Gasteiger partial charge in [0.25, 0.3) is 6.71 Å². The molecule has 3 heterocycles. The van der Waals surface area contributed by atoms with E-state index in [0.29, 0.717) is 0 Å². The summed E-state index contributed by atoms with van der Waals surface area (Å²) in [5, 5.41) is 0. The highest BCUT2D eigenvalue weighted by Crippen LogP contribution is 2.63. The Kier molecular flexibility index (Phi) is 14.2. The Morgan fingerprint density at radius 3 is 1.47 bits per heavy atom. The van der Waals surface area contributed by atoms with Crippen LogP contribution in [0.1, 0.15) is 227 Å². The average molecular weight is 1250 g/mol. The second-order valence-corrected chi connectivity index (χ2v) is 35.9. The summed E-state index contributed by atoms with van der Waals surface area (Å²) in [5.74, 6) is 0. The van der Waals surface area contributed by atoms with Gasteiger partial charge in [-0.2, -0.15) is 0 Å². The van der Waals surface area contributed by atoms with Gasteiger partial charge in [0.2, 0.25) is 0 Å². The maximum atomic E-state index is 2.88. The van der Waals surface area contributed by atoms with Crippen molar-refractivity contribution in [1.29, 1.82) is 0 Å². The smallest absolute Gasteiger partial charge is 0.252 e. The predicted molar refractivity (Wildman–Crippen MR) is 410 cm³/mol. The standard InChI is InChI=1S/C90H103BN4/c1-82(2,3)59-32-36-63(37-33-59)92(62-30-24-21-25-31-62)65-39-41-73-77(53-65)94(75-42-34-60(83(4,5)6)50-67(75)58-28-22-20-23-29-58)80-55-66(95-76-43-35-61(84(7,8)9)51-72(76)89(18)44-26-27-45-90(89,95)19)54-79-81(80)91(73)74-56-70-71(88(16,17)49-48-87(70,14)15)57-78(74)93(79)64-38-40-68-69(52-64)86(12,13)47-46-85(68,10)11/h20-25,28-43,50-57H,26-27,44-49H2,1-19H3. The topological polar surface area (TPSA) is 13.0 Å². The molecule has 1 fully saturated rings. The number of rotatable bonds is 7. The predicted octanol–water partition coefficient (Wildman–Crippen LogP) is 23.2. The van der Waals surface area contributed by atoms with E-state index in [4.69, 9.17) is 0 Å². The van der Waals surface area contributed by atoms with Crippen molar-refractivity contribution in [1.82, 2.24) is 0 Å². The van der Waals surface area contributed by atoms with E-state index in [1.165, 1.54) is 137 Å². The molecule has 5 heteroatoms. The fourth-order valence-corrected chi connectivity index (χ4v) is 18.3. The summed E-state index contributed by atoms with van der Waals surface area (Å²) < 4.78 is 0. The van der Waals surface area contributed by atoms with E-state index in [2.05, 4.69) is 333 Å². The van der Waals surface area contributed by atoms with Gasteiger partial charge in [0.1, 0.15) is 0 Å². The van der Waals surface area contributed by atoms with E-state index in [-0.39, 0.29) is 55.6 Å². The van der Waals surface area contributed by atoms with E-state index in [0.717, 1.165) is 49.2 Å². The number of anilines is 11. The Labute approximate surface area is 571 Å². The van der Waals surface area contributed by atoms with E-state index in [1.807, 2.05) is 0 Å². The molecule has 95 heavy (non-hydrogen) atoms. The molecule has 0 N–H and O–H groups in total. The van der Waals surface area contributed by atoms with Gasteiger partial charge in [-0.25, -0.2) is 0 Å². The summed E-state index contributed by atoms with van der Waals surface area (Å²) in [6.07, 6.45) is 9.27. The summed E-state index contributed by atoms with van der Waals surface area (Å²) in [4.78, 5) is 10.9. The summed E-state index contributed by atoms with van der Waals surface area (Å²) in [5.41, 5.74) is 31.1. The number of para-hydroxylation sites is 1. The maximum absolute atomic E-state index is 2.88. The Hall–Kier alpha value is -7.76. The highest BCUT2D eigenvalue weighted by Gasteiger charge is 2.59. The summed E-state index contributed by atoms with van der Waals surface area (Å²) in [6, 6.07) is 72.9. The fraction of sp³-hybridized carbons (Fsp3) is 0.400. The minimum Gasteiger partial charge on any atom is -0.334 e. The van der Waals surface area contributed by atoms with Crippen molar-refractivity contribution in [2.24, 2.45) is 0 Å². The number of nitrogens with zero attached hydrogens (tertiary/aromatic N) is 4. The third kappa shape index (κ3) is 9.93. The average Bonchev–Trinajstić information content (AvgIpc) is 1.65. The molecule has 9 aromatic rings. The van der Waals surface area contributed by atoms with Crippen LogP contribution in [0, 0.1) is 0 Å². The van der Waals surface area contributed by atoms with Crippen molar-refractivity contribution in [3.8, 4) is 11.1 Å². The van der Waals surface area contributed by atoms with Crippen LogP contribution in [0.3, 0.4) is 0 Å². The fourth-order valence-electron chi connectivity index (χ4n) is 18.3. The lowest BCUT2D eigenvalue weighted by molar-refractivity contribution is 0.195. The lowest BCUT2D eigenvalue weighted by atomic mass is 9.33. The van der Waals surface area contributed by atoms with Crippen LogP contribution in [0.25, 0.3) is 11.1 Å². The van der Waals surface area contributed by atoms with Gasteiger partial charge in [-0.1, -0.05) is 235 Å². The molecule has 2 unspecified atom stereocenters.